The molecule has 0 atom stereocenters. The van der Waals surface area contributed by atoms with E-state index in [0.717, 1.165) is 22.2 Å². The molecular weight excluding hydrogens is 250 g/mol. The van der Waals surface area contributed by atoms with Gasteiger partial charge < -0.3 is 9.73 Å². The van der Waals surface area contributed by atoms with E-state index >= 15 is 0 Å². The molecule has 3 nitrogen and oxygen atoms in total. The van der Waals surface area contributed by atoms with Gasteiger partial charge in [0.25, 0.3) is 0 Å². The molecule has 0 saturated carbocycles. The molecule has 3 aromatic rings. The second kappa shape index (κ2) is 4.85. The Kier molecular flexibility index (Phi) is 3.03. The second-order valence-corrected chi connectivity index (χ2v) is 4.77. The first-order valence-corrected chi connectivity index (χ1v) is 6.51. The average molecular weight is 265 g/mol. The van der Waals surface area contributed by atoms with Gasteiger partial charge in [0.15, 0.2) is 0 Å². The number of rotatable bonds is 2. The summed E-state index contributed by atoms with van der Waals surface area (Å²) < 4.78 is 5.37. The Hall–Kier alpha value is -2.55. The minimum atomic E-state index is -0.311. The van der Waals surface area contributed by atoms with E-state index in [4.69, 9.17) is 4.42 Å². The Bertz CT molecular complexity index is 834. The van der Waals surface area contributed by atoms with Crippen molar-refractivity contribution in [2.75, 3.05) is 12.4 Å². The third-order valence-corrected chi connectivity index (χ3v) is 3.46. The van der Waals surface area contributed by atoms with Gasteiger partial charge in [-0.05, 0) is 36.2 Å². The van der Waals surface area contributed by atoms with Gasteiger partial charge >= 0.3 is 5.63 Å². The highest BCUT2D eigenvalue weighted by atomic mass is 16.4. The zero-order chi connectivity index (χ0) is 14.1. The molecule has 0 radical (unpaired) electrons. The van der Waals surface area contributed by atoms with E-state index in [0.29, 0.717) is 11.1 Å². The van der Waals surface area contributed by atoms with Gasteiger partial charge in [-0.25, -0.2) is 4.79 Å². The molecule has 0 aliphatic heterocycles. The smallest absolute Gasteiger partial charge is 0.344 e. The van der Waals surface area contributed by atoms with Crippen LogP contribution in [0.5, 0.6) is 0 Å². The van der Waals surface area contributed by atoms with Gasteiger partial charge in [-0.1, -0.05) is 30.3 Å². The summed E-state index contributed by atoms with van der Waals surface area (Å²) in [5.41, 5.74) is 3.90. The van der Waals surface area contributed by atoms with Crippen molar-refractivity contribution >= 4 is 16.7 Å². The summed E-state index contributed by atoms with van der Waals surface area (Å²) >= 11 is 0. The first kappa shape index (κ1) is 12.5. The van der Waals surface area contributed by atoms with Crippen molar-refractivity contribution < 1.29 is 4.42 Å². The van der Waals surface area contributed by atoms with E-state index in [2.05, 4.69) is 5.32 Å². The van der Waals surface area contributed by atoms with E-state index in [9.17, 15) is 4.79 Å². The lowest BCUT2D eigenvalue weighted by molar-refractivity contribution is 0.563. The first-order valence-electron chi connectivity index (χ1n) is 6.51. The van der Waals surface area contributed by atoms with Crippen molar-refractivity contribution in [3.63, 3.8) is 0 Å². The molecule has 1 aromatic heterocycles. The summed E-state index contributed by atoms with van der Waals surface area (Å²) in [6, 6.07) is 15.3. The molecule has 1 N–H and O–H groups in total. The third kappa shape index (κ3) is 2.07. The molecule has 0 saturated heterocycles. The average Bonchev–Trinajstić information content (AvgIpc) is 2.47. The van der Waals surface area contributed by atoms with Gasteiger partial charge in [0, 0.05) is 18.1 Å². The van der Waals surface area contributed by atoms with Crippen molar-refractivity contribution in [3.8, 4) is 11.1 Å². The number of fused-ring (bicyclic) bond motifs is 1. The van der Waals surface area contributed by atoms with Crippen LogP contribution in [-0.4, -0.2) is 7.05 Å². The van der Waals surface area contributed by atoms with Crippen molar-refractivity contribution in [1.82, 2.24) is 0 Å². The van der Waals surface area contributed by atoms with Crippen LogP contribution < -0.4 is 10.9 Å². The number of benzene rings is 2. The second-order valence-electron chi connectivity index (χ2n) is 4.77. The van der Waals surface area contributed by atoms with Gasteiger partial charge in [-0.3, -0.25) is 0 Å². The SMILES string of the molecule is CNc1cc(-c2cc3ccccc3oc2=O)ccc1C. The fraction of sp³-hybridized carbons (Fsp3) is 0.118. The Morgan fingerprint density at radius 2 is 1.85 bits per heavy atom. The van der Waals surface area contributed by atoms with E-state index < -0.39 is 0 Å². The monoisotopic (exact) mass is 265 g/mol. The normalized spacial score (nSPS) is 10.7. The fourth-order valence-electron chi connectivity index (χ4n) is 2.32. The molecule has 3 rings (SSSR count). The molecule has 0 aliphatic carbocycles. The van der Waals surface area contributed by atoms with Gasteiger partial charge in [-0.2, -0.15) is 0 Å². The number of anilines is 1. The maximum absolute atomic E-state index is 12.1. The highest BCUT2D eigenvalue weighted by molar-refractivity contribution is 5.82. The molecule has 0 aliphatic rings. The van der Waals surface area contributed by atoms with Crippen LogP contribution in [0, 0.1) is 6.92 Å². The largest absolute Gasteiger partial charge is 0.422 e. The molecule has 2 aromatic carbocycles. The lowest BCUT2D eigenvalue weighted by atomic mass is 10.0. The number of hydrogen-bond acceptors (Lipinski definition) is 3. The Morgan fingerprint density at radius 3 is 2.65 bits per heavy atom. The van der Waals surface area contributed by atoms with E-state index in [1.54, 1.807) is 6.07 Å². The van der Waals surface area contributed by atoms with Crippen molar-refractivity contribution in [2.45, 2.75) is 6.92 Å². The highest BCUT2D eigenvalue weighted by Crippen LogP contribution is 2.25. The third-order valence-electron chi connectivity index (χ3n) is 3.46. The van der Waals surface area contributed by atoms with Crippen molar-refractivity contribution in [3.05, 3.63) is 64.5 Å². The van der Waals surface area contributed by atoms with Crippen molar-refractivity contribution in [1.29, 1.82) is 0 Å². The lowest BCUT2D eigenvalue weighted by Crippen LogP contribution is -2.03. The molecule has 1 heterocycles. The quantitative estimate of drug-likeness (QED) is 0.716. The Balaban J connectivity index is 2.23. The summed E-state index contributed by atoms with van der Waals surface area (Å²) in [6.45, 7) is 2.03. The van der Waals surface area contributed by atoms with Crippen LogP contribution in [-0.2, 0) is 0 Å². The predicted octanol–water partition coefficient (Wildman–Crippen LogP) is 3.81. The summed E-state index contributed by atoms with van der Waals surface area (Å²) in [4.78, 5) is 12.1. The topological polar surface area (TPSA) is 42.2 Å². The molecule has 0 unspecified atom stereocenters. The van der Waals surface area contributed by atoms with Gasteiger partial charge in [0.05, 0.1) is 5.56 Å². The molecule has 3 heteroatoms. The molecule has 0 bridgehead atoms. The Labute approximate surface area is 116 Å². The summed E-state index contributed by atoms with van der Waals surface area (Å²) in [5.74, 6) is 0. The van der Waals surface area contributed by atoms with Crippen LogP contribution in [0.25, 0.3) is 22.1 Å². The lowest BCUT2D eigenvalue weighted by Gasteiger charge is -2.08. The minimum absolute atomic E-state index is 0.311. The highest BCUT2D eigenvalue weighted by Gasteiger charge is 2.09. The number of hydrogen-bond donors (Lipinski definition) is 1. The summed E-state index contributed by atoms with van der Waals surface area (Å²) in [5, 5.41) is 4.05. The molecule has 0 amide bonds. The van der Waals surface area contributed by atoms with Gasteiger partial charge in [0.2, 0.25) is 0 Å². The standard InChI is InChI=1S/C17H15NO2/c1-11-7-8-12(10-15(11)18-2)14-9-13-5-3-4-6-16(13)20-17(14)19/h3-10,18H,1-2H3. The van der Waals surface area contributed by atoms with E-state index in [-0.39, 0.29) is 5.63 Å². The maximum atomic E-state index is 12.1. The molecule has 0 spiro atoms. The fourth-order valence-corrected chi connectivity index (χ4v) is 2.32. The van der Waals surface area contributed by atoms with Gasteiger partial charge in [0.1, 0.15) is 5.58 Å². The molecule has 100 valence electrons. The molecule has 20 heavy (non-hydrogen) atoms. The van der Waals surface area contributed by atoms with E-state index in [1.807, 2.05) is 56.4 Å². The van der Waals surface area contributed by atoms with Crippen LogP contribution in [0.15, 0.2) is 57.7 Å². The molecular formula is C17H15NO2. The Morgan fingerprint density at radius 1 is 1.05 bits per heavy atom. The van der Waals surface area contributed by atoms with Crippen molar-refractivity contribution in [2.24, 2.45) is 0 Å². The molecule has 0 fully saturated rings. The zero-order valence-electron chi connectivity index (χ0n) is 11.4. The summed E-state index contributed by atoms with van der Waals surface area (Å²) in [7, 11) is 1.87. The summed E-state index contributed by atoms with van der Waals surface area (Å²) in [6.07, 6.45) is 0. The minimum Gasteiger partial charge on any atom is -0.422 e. The maximum Gasteiger partial charge on any atom is 0.344 e. The van der Waals surface area contributed by atoms with Crippen LogP contribution in [0.3, 0.4) is 0 Å². The first-order chi connectivity index (χ1) is 9.69. The zero-order valence-corrected chi connectivity index (χ0v) is 11.4. The van der Waals surface area contributed by atoms with E-state index in [1.165, 1.54) is 0 Å². The number of nitrogens with one attached hydrogen (secondary N) is 1. The number of aryl methyl sites for hydroxylation is 1. The van der Waals surface area contributed by atoms with Gasteiger partial charge in [-0.15, -0.1) is 0 Å². The van der Waals surface area contributed by atoms with Crippen LogP contribution in [0.4, 0.5) is 5.69 Å². The number of para-hydroxylation sites is 1. The van der Waals surface area contributed by atoms with Crippen LogP contribution in [0.2, 0.25) is 0 Å². The van der Waals surface area contributed by atoms with Crippen LogP contribution in [0.1, 0.15) is 5.56 Å². The van der Waals surface area contributed by atoms with Crippen LogP contribution >= 0.6 is 0 Å². The predicted molar refractivity (Wildman–Crippen MR) is 82.2 cm³/mol.